The molecule has 2 aromatic rings. The lowest BCUT2D eigenvalue weighted by molar-refractivity contribution is -0.389. The summed E-state index contributed by atoms with van der Waals surface area (Å²) >= 11 is 0. The Hall–Kier alpha value is -2.79. The second-order valence-electron chi connectivity index (χ2n) is 5.14. The van der Waals surface area contributed by atoms with Crippen molar-refractivity contribution < 1.29 is 17.9 Å². The molecule has 2 rings (SSSR count). The van der Waals surface area contributed by atoms with Gasteiger partial charge in [0.15, 0.2) is 5.82 Å². The number of nitro groups is 1. The fourth-order valence-electron chi connectivity index (χ4n) is 1.73. The van der Waals surface area contributed by atoms with E-state index < -0.39 is 15.0 Å². The number of aryl methyl sites for hydroxylation is 2. The highest BCUT2D eigenvalue weighted by Gasteiger charge is 2.09. The van der Waals surface area contributed by atoms with Crippen molar-refractivity contribution in [2.45, 2.75) is 31.1 Å². The third-order valence-electron chi connectivity index (χ3n) is 2.99. The van der Waals surface area contributed by atoms with Gasteiger partial charge in [-0.2, -0.15) is 8.42 Å². The summed E-state index contributed by atoms with van der Waals surface area (Å²) in [7, 11) is -4.02. The molecular weight excluding hydrogens is 350 g/mol. The maximum atomic E-state index is 10.5. The third kappa shape index (κ3) is 7.54. The molecular formula is C14H19N5O5S. The summed E-state index contributed by atoms with van der Waals surface area (Å²) in [6, 6.07) is 5.99. The van der Waals surface area contributed by atoms with E-state index in [0.717, 1.165) is 5.56 Å². The molecule has 0 aliphatic rings. The molecule has 11 heteroatoms. The number of aromatic nitrogens is 2. The number of imidazole rings is 1. The number of hydrogen-bond acceptors (Lipinski definition) is 6. The van der Waals surface area contributed by atoms with Crippen LogP contribution < -0.4 is 5.73 Å². The minimum Gasteiger partial charge on any atom is -0.388 e. The zero-order chi connectivity index (χ0) is 19.0. The summed E-state index contributed by atoms with van der Waals surface area (Å²) < 4.78 is 29.6. The number of nitrogens with one attached hydrogen (secondary N) is 2. The van der Waals surface area contributed by atoms with Gasteiger partial charge < -0.3 is 15.8 Å². The van der Waals surface area contributed by atoms with Crippen molar-refractivity contribution in [2.24, 2.45) is 5.73 Å². The van der Waals surface area contributed by atoms with Crippen LogP contribution in [0.2, 0.25) is 0 Å². The molecule has 0 saturated carbocycles. The SMILES string of the molecule is Cc1ccc(S(=O)(=O)O)cc1.N=C(N)CCCc1ncc([N+](=O)[O-])[nH]1. The zero-order valence-corrected chi connectivity index (χ0v) is 14.3. The molecule has 1 aromatic heterocycles. The van der Waals surface area contributed by atoms with Crippen LogP contribution in [0.15, 0.2) is 35.4 Å². The predicted octanol–water partition coefficient (Wildman–Crippen LogP) is 1.82. The number of nitrogens with zero attached hydrogens (tertiary/aromatic N) is 2. The van der Waals surface area contributed by atoms with Gasteiger partial charge in [-0.15, -0.1) is 0 Å². The Kier molecular flexibility index (Phi) is 7.21. The van der Waals surface area contributed by atoms with Crippen LogP contribution in [0.25, 0.3) is 0 Å². The minimum atomic E-state index is -4.02. The fraction of sp³-hybridized carbons (Fsp3) is 0.286. The molecule has 0 bridgehead atoms. The first-order chi connectivity index (χ1) is 11.6. The lowest BCUT2D eigenvalue weighted by Gasteiger charge is -1.95. The Morgan fingerprint density at radius 3 is 2.44 bits per heavy atom. The standard InChI is InChI=1S/C7H11N5O2.C7H8O3S/c8-5(9)2-1-3-6-10-4-7(11-6)12(13)14;1-6-2-4-7(5-3-6)11(8,9)10/h4H,1-3H2,(H3,8,9)(H,10,11);2-5H,1H3,(H,8,9,10). The monoisotopic (exact) mass is 369 g/mol. The van der Waals surface area contributed by atoms with Crippen LogP contribution in [-0.4, -0.2) is 33.7 Å². The highest BCUT2D eigenvalue weighted by molar-refractivity contribution is 7.85. The van der Waals surface area contributed by atoms with Crippen molar-refractivity contribution >= 4 is 21.8 Å². The van der Waals surface area contributed by atoms with Gasteiger partial charge in [0, 0.05) is 12.8 Å². The van der Waals surface area contributed by atoms with Gasteiger partial charge in [-0.25, -0.2) is 9.97 Å². The highest BCUT2D eigenvalue weighted by Crippen LogP contribution is 2.09. The van der Waals surface area contributed by atoms with E-state index in [4.69, 9.17) is 15.7 Å². The number of nitrogens with two attached hydrogens (primary N) is 1. The van der Waals surface area contributed by atoms with Crippen LogP contribution in [0.1, 0.15) is 24.2 Å². The molecule has 0 atom stereocenters. The Morgan fingerprint density at radius 1 is 1.40 bits per heavy atom. The predicted molar refractivity (Wildman–Crippen MR) is 91.1 cm³/mol. The summed E-state index contributed by atoms with van der Waals surface area (Å²) in [4.78, 5) is 16.1. The molecule has 0 fully saturated rings. The Morgan fingerprint density at radius 2 is 2.00 bits per heavy atom. The van der Waals surface area contributed by atoms with E-state index in [-0.39, 0.29) is 16.5 Å². The van der Waals surface area contributed by atoms with Crippen LogP contribution in [0.5, 0.6) is 0 Å². The summed E-state index contributed by atoms with van der Waals surface area (Å²) in [6.45, 7) is 1.84. The molecule has 0 aliphatic heterocycles. The molecule has 0 aliphatic carbocycles. The Labute approximate surface area is 144 Å². The number of rotatable bonds is 6. The summed E-state index contributed by atoms with van der Waals surface area (Å²) in [5.74, 6) is 0.562. The second kappa shape index (κ2) is 8.89. The molecule has 1 heterocycles. The summed E-state index contributed by atoms with van der Waals surface area (Å²) in [6.07, 6.45) is 2.89. The van der Waals surface area contributed by atoms with Gasteiger partial charge in [-0.3, -0.25) is 9.96 Å². The first-order valence-electron chi connectivity index (χ1n) is 7.15. The normalized spacial score (nSPS) is 10.6. The van der Waals surface area contributed by atoms with E-state index in [2.05, 4.69) is 9.97 Å². The molecule has 1 aromatic carbocycles. The average molecular weight is 369 g/mol. The molecule has 0 unspecified atom stereocenters. The van der Waals surface area contributed by atoms with Gasteiger partial charge in [0.05, 0.1) is 10.7 Å². The van der Waals surface area contributed by atoms with Crippen LogP contribution in [0.3, 0.4) is 0 Å². The van der Waals surface area contributed by atoms with Crippen molar-refractivity contribution in [3.63, 3.8) is 0 Å². The zero-order valence-electron chi connectivity index (χ0n) is 13.5. The van der Waals surface area contributed by atoms with Crippen LogP contribution in [0.4, 0.5) is 5.82 Å². The number of H-pyrrole nitrogens is 1. The Balaban J connectivity index is 0.000000257. The number of amidine groups is 1. The number of benzene rings is 1. The highest BCUT2D eigenvalue weighted by atomic mass is 32.2. The van der Waals surface area contributed by atoms with Crippen LogP contribution in [-0.2, 0) is 16.5 Å². The summed E-state index contributed by atoms with van der Waals surface area (Å²) in [5, 5.41) is 17.2. The lowest BCUT2D eigenvalue weighted by Crippen LogP contribution is -2.09. The maximum absolute atomic E-state index is 10.5. The second-order valence-corrected chi connectivity index (χ2v) is 6.56. The van der Waals surface area contributed by atoms with Crippen molar-refractivity contribution in [3.8, 4) is 0 Å². The molecule has 0 spiro atoms. The van der Waals surface area contributed by atoms with E-state index in [1.54, 1.807) is 12.1 Å². The van der Waals surface area contributed by atoms with E-state index in [9.17, 15) is 18.5 Å². The largest absolute Gasteiger partial charge is 0.388 e. The van der Waals surface area contributed by atoms with Gasteiger partial charge in [-0.05, 0) is 30.4 Å². The van der Waals surface area contributed by atoms with Gasteiger partial charge in [0.1, 0.15) is 6.20 Å². The van der Waals surface area contributed by atoms with E-state index in [1.165, 1.54) is 18.3 Å². The third-order valence-corrected chi connectivity index (χ3v) is 3.86. The van der Waals surface area contributed by atoms with Gasteiger partial charge in [0.25, 0.3) is 10.1 Å². The van der Waals surface area contributed by atoms with Gasteiger partial charge in [0.2, 0.25) is 0 Å². The van der Waals surface area contributed by atoms with Gasteiger partial charge >= 0.3 is 5.82 Å². The average Bonchev–Trinajstić information content (AvgIpc) is 2.96. The number of hydrogen-bond donors (Lipinski definition) is 4. The molecule has 0 amide bonds. The van der Waals surface area contributed by atoms with Crippen molar-refractivity contribution in [1.29, 1.82) is 5.41 Å². The molecule has 0 saturated heterocycles. The molecule has 25 heavy (non-hydrogen) atoms. The topological polar surface area (TPSA) is 176 Å². The van der Waals surface area contributed by atoms with E-state index in [0.29, 0.717) is 25.1 Å². The van der Waals surface area contributed by atoms with Crippen molar-refractivity contribution in [1.82, 2.24) is 9.97 Å². The van der Waals surface area contributed by atoms with Crippen LogP contribution in [0, 0.1) is 22.4 Å². The molecule has 136 valence electrons. The molecule has 5 N–H and O–H groups in total. The number of aromatic amines is 1. The first-order valence-corrected chi connectivity index (χ1v) is 8.59. The van der Waals surface area contributed by atoms with Crippen LogP contribution >= 0.6 is 0 Å². The molecule has 0 radical (unpaired) electrons. The van der Waals surface area contributed by atoms with E-state index >= 15 is 0 Å². The Bertz CT molecular complexity index is 830. The molecule has 10 nitrogen and oxygen atoms in total. The minimum absolute atomic E-state index is 0.0666. The quantitative estimate of drug-likeness (QED) is 0.197. The van der Waals surface area contributed by atoms with Crippen molar-refractivity contribution in [2.75, 3.05) is 0 Å². The smallest absolute Gasteiger partial charge is 0.340 e. The fourth-order valence-corrected chi connectivity index (χ4v) is 2.21. The van der Waals surface area contributed by atoms with Gasteiger partial charge in [-0.1, -0.05) is 17.7 Å². The van der Waals surface area contributed by atoms with E-state index in [1.807, 2.05) is 6.92 Å². The lowest BCUT2D eigenvalue weighted by atomic mass is 10.2. The summed E-state index contributed by atoms with van der Waals surface area (Å²) in [5.41, 5.74) is 6.11. The van der Waals surface area contributed by atoms with Crippen molar-refractivity contribution in [3.05, 3.63) is 52.0 Å². The first kappa shape index (κ1) is 20.3. The maximum Gasteiger partial charge on any atom is 0.340 e.